The Morgan fingerprint density at radius 3 is 2.75 bits per heavy atom. The lowest BCUT2D eigenvalue weighted by Gasteiger charge is -2.13. The molecule has 0 saturated heterocycles. The molecule has 16 heavy (non-hydrogen) atoms. The third-order valence-electron chi connectivity index (χ3n) is 2.63. The summed E-state index contributed by atoms with van der Waals surface area (Å²) in [6.07, 6.45) is 1.88. The zero-order valence-corrected chi connectivity index (χ0v) is 10.2. The van der Waals surface area contributed by atoms with Crippen LogP contribution in [0, 0.1) is 6.92 Å². The minimum Gasteiger partial charge on any atom is -0.496 e. The largest absolute Gasteiger partial charge is 0.496 e. The van der Waals surface area contributed by atoms with Crippen molar-refractivity contribution in [2.45, 2.75) is 13.3 Å². The quantitative estimate of drug-likeness (QED) is 0.684. The van der Waals surface area contributed by atoms with Crippen LogP contribution in [0.5, 0.6) is 5.75 Å². The van der Waals surface area contributed by atoms with Gasteiger partial charge < -0.3 is 9.53 Å². The molecule has 0 aromatic heterocycles. The molecule has 0 aliphatic heterocycles. The van der Waals surface area contributed by atoms with Gasteiger partial charge in [-0.25, -0.2) is 0 Å². The van der Waals surface area contributed by atoms with Gasteiger partial charge in [-0.2, -0.15) is 0 Å². The summed E-state index contributed by atoms with van der Waals surface area (Å²) < 4.78 is 5.21. The van der Waals surface area contributed by atoms with Crippen LogP contribution in [0.1, 0.15) is 11.1 Å². The minimum atomic E-state index is 0.495. The van der Waals surface area contributed by atoms with E-state index in [9.17, 15) is 4.79 Å². The Labute approximate surface area is 97.0 Å². The Kier molecular flexibility index (Phi) is 4.99. The molecule has 0 atom stereocenters. The first-order valence-corrected chi connectivity index (χ1v) is 5.43. The number of methoxy groups -OCH3 is 1. The fourth-order valence-corrected chi connectivity index (χ4v) is 1.63. The van der Waals surface area contributed by atoms with E-state index in [-0.39, 0.29) is 0 Å². The van der Waals surface area contributed by atoms with Crippen molar-refractivity contribution in [3.05, 3.63) is 29.3 Å². The molecule has 1 aromatic carbocycles. The normalized spacial score (nSPS) is 10.5. The van der Waals surface area contributed by atoms with E-state index in [4.69, 9.17) is 4.74 Å². The monoisotopic (exact) mass is 221 g/mol. The SMILES string of the molecule is COc1ccc(CCN(C)CC=O)cc1C. The van der Waals surface area contributed by atoms with Crippen LogP contribution in [-0.4, -0.2) is 38.4 Å². The van der Waals surface area contributed by atoms with Gasteiger partial charge in [-0.3, -0.25) is 4.90 Å². The Bertz CT molecular complexity index is 350. The van der Waals surface area contributed by atoms with E-state index in [1.807, 2.05) is 24.9 Å². The lowest BCUT2D eigenvalue weighted by molar-refractivity contribution is -0.108. The second-order valence-corrected chi connectivity index (χ2v) is 3.98. The highest BCUT2D eigenvalue weighted by molar-refractivity contribution is 5.51. The van der Waals surface area contributed by atoms with Gasteiger partial charge in [0.05, 0.1) is 13.7 Å². The molecule has 0 fully saturated rings. The number of aryl methyl sites for hydroxylation is 1. The molecule has 0 aliphatic rings. The highest BCUT2D eigenvalue weighted by atomic mass is 16.5. The number of likely N-dealkylation sites (N-methyl/N-ethyl adjacent to an activating group) is 1. The summed E-state index contributed by atoms with van der Waals surface area (Å²) in [5.74, 6) is 0.921. The van der Waals surface area contributed by atoms with Crippen LogP contribution in [0.3, 0.4) is 0 Å². The summed E-state index contributed by atoms with van der Waals surface area (Å²) in [5, 5.41) is 0. The van der Waals surface area contributed by atoms with E-state index in [1.165, 1.54) is 5.56 Å². The van der Waals surface area contributed by atoms with Crippen molar-refractivity contribution in [2.75, 3.05) is 27.2 Å². The molecule has 0 radical (unpaired) electrons. The molecule has 0 N–H and O–H groups in total. The summed E-state index contributed by atoms with van der Waals surface area (Å²) in [7, 11) is 3.63. The maximum absolute atomic E-state index is 10.3. The van der Waals surface area contributed by atoms with E-state index in [2.05, 4.69) is 12.1 Å². The van der Waals surface area contributed by atoms with Crippen LogP contribution in [-0.2, 0) is 11.2 Å². The van der Waals surface area contributed by atoms with Crippen molar-refractivity contribution in [3.8, 4) is 5.75 Å². The van der Waals surface area contributed by atoms with E-state index in [0.717, 1.165) is 30.6 Å². The molecule has 0 unspecified atom stereocenters. The highest BCUT2D eigenvalue weighted by Gasteiger charge is 2.02. The zero-order valence-electron chi connectivity index (χ0n) is 10.2. The van der Waals surface area contributed by atoms with Crippen molar-refractivity contribution in [2.24, 2.45) is 0 Å². The van der Waals surface area contributed by atoms with Gasteiger partial charge in [0, 0.05) is 6.54 Å². The van der Waals surface area contributed by atoms with Crippen LogP contribution in [0.4, 0.5) is 0 Å². The highest BCUT2D eigenvalue weighted by Crippen LogP contribution is 2.18. The van der Waals surface area contributed by atoms with Gasteiger partial charge in [-0.05, 0) is 37.6 Å². The summed E-state index contributed by atoms with van der Waals surface area (Å²) in [6, 6.07) is 6.19. The van der Waals surface area contributed by atoms with E-state index < -0.39 is 0 Å². The maximum Gasteiger partial charge on any atom is 0.133 e. The Balaban J connectivity index is 2.54. The molecular weight excluding hydrogens is 202 g/mol. The Morgan fingerprint density at radius 1 is 1.44 bits per heavy atom. The van der Waals surface area contributed by atoms with Crippen molar-refractivity contribution in [1.82, 2.24) is 4.90 Å². The third-order valence-corrected chi connectivity index (χ3v) is 2.63. The topological polar surface area (TPSA) is 29.5 Å². The zero-order chi connectivity index (χ0) is 12.0. The number of ether oxygens (including phenoxy) is 1. The predicted octanol–water partition coefficient (Wildman–Crippen LogP) is 1.68. The number of benzene rings is 1. The van der Waals surface area contributed by atoms with Crippen LogP contribution >= 0.6 is 0 Å². The van der Waals surface area contributed by atoms with E-state index in [1.54, 1.807) is 7.11 Å². The number of nitrogens with zero attached hydrogens (tertiary/aromatic N) is 1. The van der Waals surface area contributed by atoms with Crippen molar-refractivity contribution in [1.29, 1.82) is 0 Å². The van der Waals surface area contributed by atoms with Gasteiger partial charge in [0.15, 0.2) is 0 Å². The molecule has 0 saturated carbocycles. The number of hydrogen-bond donors (Lipinski definition) is 0. The second-order valence-electron chi connectivity index (χ2n) is 3.98. The number of carbonyl (C=O) groups is 1. The number of carbonyl (C=O) groups excluding carboxylic acids is 1. The molecule has 0 bridgehead atoms. The van der Waals surface area contributed by atoms with E-state index in [0.29, 0.717) is 6.54 Å². The first-order valence-electron chi connectivity index (χ1n) is 5.43. The number of hydrogen-bond acceptors (Lipinski definition) is 3. The molecule has 3 heteroatoms. The van der Waals surface area contributed by atoms with Crippen LogP contribution in [0.25, 0.3) is 0 Å². The van der Waals surface area contributed by atoms with Crippen molar-refractivity contribution < 1.29 is 9.53 Å². The van der Waals surface area contributed by atoms with Crippen molar-refractivity contribution >= 4 is 6.29 Å². The first-order chi connectivity index (χ1) is 7.67. The van der Waals surface area contributed by atoms with E-state index >= 15 is 0 Å². The standard InChI is InChI=1S/C13H19NO2/c1-11-10-12(4-5-13(11)16-3)6-7-14(2)8-9-15/h4-5,9-10H,6-8H2,1-3H3. The lowest BCUT2D eigenvalue weighted by atomic mass is 10.1. The van der Waals surface area contributed by atoms with Gasteiger partial charge in [0.1, 0.15) is 12.0 Å². The second kappa shape index (κ2) is 6.28. The fraction of sp³-hybridized carbons (Fsp3) is 0.462. The maximum atomic E-state index is 10.3. The smallest absolute Gasteiger partial charge is 0.133 e. The minimum absolute atomic E-state index is 0.495. The van der Waals surface area contributed by atoms with Crippen molar-refractivity contribution in [3.63, 3.8) is 0 Å². The van der Waals surface area contributed by atoms with Gasteiger partial charge in [0.2, 0.25) is 0 Å². The molecule has 1 rings (SSSR count). The summed E-state index contributed by atoms with van der Waals surface area (Å²) in [5.41, 5.74) is 2.43. The average Bonchev–Trinajstić information content (AvgIpc) is 2.27. The van der Waals surface area contributed by atoms with Crippen LogP contribution in [0.2, 0.25) is 0 Å². The molecule has 0 amide bonds. The molecule has 88 valence electrons. The van der Waals surface area contributed by atoms with Gasteiger partial charge in [-0.1, -0.05) is 12.1 Å². The molecular formula is C13H19NO2. The third kappa shape index (κ3) is 3.66. The fourth-order valence-electron chi connectivity index (χ4n) is 1.63. The van der Waals surface area contributed by atoms with Gasteiger partial charge in [-0.15, -0.1) is 0 Å². The predicted molar refractivity (Wildman–Crippen MR) is 65.0 cm³/mol. The first kappa shape index (κ1) is 12.7. The number of aldehydes is 1. The molecule has 3 nitrogen and oxygen atoms in total. The van der Waals surface area contributed by atoms with Crippen LogP contribution < -0.4 is 4.74 Å². The molecule has 0 spiro atoms. The van der Waals surface area contributed by atoms with Gasteiger partial charge in [0.25, 0.3) is 0 Å². The molecule has 0 heterocycles. The summed E-state index contributed by atoms with van der Waals surface area (Å²) in [6.45, 7) is 3.43. The average molecular weight is 221 g/mol. The number of rotatable bonds is 6. The molecule has 1 aromatic rings. The van der Waals surface area contributed by atoms with Gasteiger partial charge >= 0.3 is 0 Å². The summed E-state index contributed by atoms with van der Waals surface area (Å²) >= 11 is 0. The lowest BCUT2D eigenvalue weighted by Crippen LogP contribution is -2.23. The Hall–Kier alpha value is -1.35. The summed E-state index contributed by atoms with van der Waals surface area (Å²) in [4.78, 5) is 12.3. The molecule has 0 aliphatic carbocycles. The van der Waals surface area contributed by atoms with Crippen LogP contribution in [0.15, 0.2) is 18.2 Å². The Morgan fingerprint density at radius 2 is 2.19 bits per heavy atom.